The van der Waals surface area contributed by atoms with Crippen LogP contribution in [0.25, 0.3) is 0 Å². The van der Waals surface area contributed by atoms with E-state index in [0.29, 0.717) is 11.3 Å². The maximum Gasteiger partial charge on any atom is 0.271 e. The van der Waals surface area contributed by atoms with Gasteiger partial charge in [0, 0.05) is 30.8 Å². The number of aliphatic hydroxyl groups excluding tert-OH is 1. The number of likely N-dealkylation sites (N-methyl/N-ethyl adjacent to an activating group) is 1. The second-order valence-corrected chi connectivity index (χ2v) is 13.7. The number of fused-ring (bicyclic) bond motifs is 1. The minimum Gasteiger partial charge on any atom is -0.488 e. The molecule has 1 aliphatic heterocycles. The van der Waals surface area contributed by atoms with Crippen LogP contribution < -0.4 is 9.46 Å². The fourth-order valence-electron chi connectivity index (χ4n) is 3.72. The van der Waals surface area contributed by atoms with Gasteiger partial charge in [-0.15, -0.1) is 11.3 Å². The molecule has 0 bridgehead atoms. The molecule has 2 aromatic rings. The third-order valence-corrected chi connectivity index (χ3v) is 9.99. The molecule has 1 aromatic carbocycles. The average molecular weight is 546 g/mol. The van der Waals surface area contributed by atoms with Gasteiger partial charge in [0.15, 0.2) is 0 Å². The number of amides is 1. The van der Waals surface area contributed by atoms with Crippen molar-refractivity contribution < 1.29 is 31.5 Å². The van der Waals surface area contributed by atoms with Crippen LogP contribution in [0.2, 0.25) is 0 Å². The molecule has 0 aliphatic carbocycles. The molecule has 2 N–H and O–H groups in total. The Morgan fingerprint density at radius 2 is 2.00 bits per heavy atom. The molecule has 2 heterocycles. The first-order valence-corrected chi connectivity index (χ1v) is 15.2. The first-order chi connectivity index (χ1) is 16.3. The summed E-state index contributed by atoms with van der Waals surface area (Å²) in [5.74, 6) is -0.145. The van der Waals surface area contributed by atoms with Crippen LogP contribution in [0.4, 0.5) is 5.69 Å². The number of rotatable bonds is 8. The van der Waals surface area contributed by atoms with E-state index in [9.17, 15) is 26.7 Å². The number of nitrogens with one attached hydrogen (secondary N) is 1. The molecular formula is C22H31N3O7S3. The molecule has 0 unspecified atom stereocenters. The van der Waals surface area contributed by atoms with Crippen molar-refractivity contribution in [1.29, 1.82) is 0 Å². The highest BCUT2D eigenvalue weighted by molar-refractivity contribution is 7.94. The third-order valence-electron chi connectivity index (χ3n) is 5.93. The SMILES string of the molecule is C[C@H](CO)N1C[C@H](C)[C@@H](CN(C)S(C)(=O)=O)Oc2ccc(NS(=O)(=O)c3cccs3)cc2CC1=O. The van der Waals surface area contributed by atoms with Crippen LogP contribution in [0, 0.1) is 5.92 Å². The number of carbonyl (C=O) groups is 1. The zero-order valence-corrected chi connectivity index (χ0v) is 22.5. The fraction of sp³-hybridized carbons (Fsp3) is 0.500. The highest BCUT2D eigenvalue weighted by Gasteiger charge is 2.32. The molecule has 194 valence electrons. The second kappa shape index (κ2) is 10.8. The highest BCUT2D eigenvalue weighted by Crippen LogP contribution is 2.30. The van der Waals surface area contributed by atoms with Gasteiger partial charge in [-0.25, -0.2) is 21.1 Å². The number of nitrogens with zero attached hydrogens (tertiary/aromatic N) is 2. The Morgan fingerprint density at radius 1 is 1.29 bits per heavy atom. The number of aliphatic hydroxyl groups is 1. The molecule has 10 nitrogen and oxygen atoms in total. The Morgan fingerprint density at radius 3 is 2.60 bits per heavy atom. The van der Waals surface area contributed by atoms with E-state index in [-0.39, 0.29) is 47.8 Å². The molecule has 1 amide bonds. The molecule has 0 fully saturated rings. The summed E-state index contributed by atoms with van der Waals surface area (Å²) in [5, 5.41) is 11.4. The van der Waals surface area contributed by atoms with Crippen molar-refractivity contribution in [2.24, 2.45) is 5.92 Å². The summed E-state index contributed by atoms with van der Waals surface area (Å²) >= 11 is 1.09. The predicted octanol–water partition coefficient (Wildman–Crippen LogP) is 1.59. The summed E-state index contributed by atoms with van der Waals surface area (Å²) in [5.41, 5.74) is 0.727. The van der Waals surface area contributed by atoms with E-state index in [1.54, 1.807) is 41.5 Å². The Bertz CT molecular complexity index is 1250. The van der Waals surface area contributed by atoms with Crippen molar-refractivity contribution in [3.8, 4) is 5.75 Å². The van der Waals surface area contributed by atoms with Crippen LogP contribution >= 0.6 is 11.3 Å². The van der Waals surface area contributed by atoms with Gasteiger partial charge in [0.1, 0.15) is 16.1 Å². The highest BCUT2D eigenvalue weighted by atomic mass is 32.2. The van der Waals surface area contributed by atoms with Gasteiger partial charge in [0.05, 0.1) is 31.9 Å². The van der Waals surface area contributed by atoms with Crippen LogP contribution in [0.3, 0.4) is 0 Å². The Kier molecular flexibility index (Phi) is 8.48. The Labute approximate surface area is 210 Å². The summed E-state index contributed by atoms with van der Waals surface area (Å²) in [6.45, 7) is 3.67. The van der Waals surface area contributed by atoms with Crippen molar-refractivity contribution >= 4 is 43.0 Å². The second-order valence-electron chi connectivity index (χ2n) is 8.79. The molecule has 0 radical (unpaired) electrons. The van der Waals surface area contributed by atoms with Crippen LogP contribution in [0.5, 0.6) is 5.75 Å². The molecule has 0 spiro atoms. The molecule has 1 aromatic heterocycles. The van der Waals surface area contributed by atoms with Crippen molar-refractivity contribution in [1.82, 2.24) is 9.21 Å². The monoisotopic (exact) mass is 545 g/mol. The van der Waals surface area contributed by atoms with Gasteiger partial charge in [0.2, 0.25) is 15.9 Å². The number of ether oxygens (including phenoxy) is 1. The van der Waals surface area contributed by atoms with E-state index in [0.717, 1.165) is 17.6 Å². The molecule has 3 rings (SSSR count). The topological polar surface area (TPSA) is 133 Å². The molecule has 0 saturated heterocycles. The first kappa shape index (κ1) is 27.4. The zero-order chi connectivity index (χ0) is 26.0. The number of carbonyl (C=O) groups excluding carboxylic acids is 1. The maximum absolute atomic E-state index is 13.2. The lowest BCUT2D eigenvalue weighted by Crippen LogP contribution is -2.48. The van der Waals surface area contributed by atoms with Crippen LogP contribution in [0.15, 0.2) is 39.9 Å². The minimum absolute atomic E-state index is 0.0573. The average Bonchev–Trinajstić information content (AvgIpc) is 3.33. The quantitative estimate of drug-likeness (QED) is 0.515. The standard InChI is InChI=1S/C22H31N3O7S3/c1-15-12-25(16(2)14-26)21(27)11-17-10-18(23-35(30,31)22-6-5-9-33-22)7-8-19(17)32-20(15)13-24(3)34(4,28)29/h5-10,15-16,20,23,26H,11-14H2,1-4H3/t15-,16+,20+/m0/s1. The van der Waals surface area contributed by atoms with E-state index in [2.05, 4.69) is 4.72 Å². The summed E-state index contributed by atoms with van der Waals surface area (Å²) in [6, 6.07) is 7.35. The lowest BCUT2D eigenvalue weighted by molar-refractivity contribution is -0.134. The number of benzene rings is 1. The largest absolute Gasteiger partial charge is 0.488 e. The van der Waals surface area contributed by atoms with Gasteiger partial charge < -0.3 is 14.7 Å². The minimum atomic E-state index is -3.79. The first-order valence-electron chi connectivity index (χ1n) is 11.0. The number of sulfonamides is 2. The lowest BCUT2D eigenvalue weighted by atomic mass is 10.0. The molecule has 35 heavy (non-hydrogen) atoms. The van der Waals surface area contributed by atoms with Gasteiger partial charge in [-0.2, -0.15) is 0 Å². The molecule has 0 saturated carbocycles. The van der Waals surface area contributed by atoms with E-state index >= 15 is 0 Å². The van der Waals surface area contributed by atoms with Crippen molar-refractivity contribution in [3.63, 3.8) is 0 Å². The zero-order valence-electron chi connectivity index (χ0n) is 20.0. The van der Waals surface area contributed by atoms with Crippen LogP contribution in [0.1, 0.15) is 19.4 Å². The van der Waals surface area contributed by atoms with Crippen molar-refractivity contribution in [3.05, 3.63) is 41.3 Å². The molecular weight excluding hydrogens is 514 g/mol. The molecule has 3 atom stereocenters. The Balaban J connectivity index is 2.00. The van der Waals surface area contributed by atoms with E-state index in [4.69, 9.17) is 4.74 Å². The normalized spacial score (nSPS) is 20.4. The smallest absolute Gasteiger partial charge is 0.271 e. The third kappa shape index (κ3) is 6.73. The predicted molar refractivity (Wildman–Crippen MR) is 135 cm³/mol. The fourth-order valence-corrected chi connectivity index (χ4v) is 6.18. The van der Waals surface area contributed by atoms with Gasteiger partial charge >= 0.3 is 0 Å². The van der Waals surface area contributed by atoms with Gasteiger partial charge in [0.25, 0.3) is 10.0 Å². The summed E-state index contributed by atoms with van der Waals surface area (Å²) < 4.78 is 59.5. The number of hydrogen-bond acceptors (Lipinski definition) is 8. The van der Waals surface area contributed by atoms with E-state index < -0.39 is 32.2 Å². The van der Waals surface area contributed by atoms with Gasteiger partial charge in [-0.05, 0) is 36.6 Å². The summed E-state index contributed by atoms with van der Waals surface area (Å²) in [6.07, 6.45) is 0.438. The Hall–Kier alpha value is -2.19. The van der Waals surface area contributed by atoms with Crippen molar-refractivity contribution in [2.45, 2.75) is 36.6 Å². The molecule has 1 aliphatic rings. The molecule has 13 heteroatoms. The lowest BCUT2D eigenvalue weighted by Gasteiger charge is -2.33. The van der Waals surface area contributed by atoms with Crippen LogP contribution in [-0.2, 0) is 31.3 Å². The summed E-state index contributed by atoms with van der Waals surface area (Å²) in [4.78, 5) is 14.8. The van der Waals surface area contributed by atoms with E-state index in [1.807, 2.05) is 6.92 Å². The van der Waals surface area contributed by atoms with Crippen LogP contribution in [-0.4, -0.2) is 82.2 Å². The van der Waals surface area contributed by atoms with Gasteiger partial charge in [-0.3, -0.25) is 9.52 Å². The van der Waals surface area contributed by atoms with Gasteiger partial charge in [-0.1, -0.05) is 13.0 Å². The van der Waals surface area contributed by atoms with E-state index in [1.165, 1.54) is 17.4 Å². The number of anilines is 1. The van der Waals surface area contributed by atoms with Crippen molar-refractivity contribution in [2.75, 3.05) is 37.7 Å². The number of thiophene rings is 1. The maximum atomic E-state index is 13.2. The summed E-state index contributed by atoms with van der Waals surface area (Å²) in [7, 11) is -5.80. The number of hydrogen-bond donors (Lipinski definition) is 2.